The fraction of sp³-hybridized carbons (Fsp3) is 0.500. The van der Waals surface area contributed by atoms with Crippen LogP contribution in [0.4, 0.5) is 0 Å². The molecule has 0 saturated heterocycles. The van der Waals surface area contributed by atoms with Gasteiger partial charge in [0, 0.05) is 23.6 Å². The van der Waals surface area contributed by atoms with E-state index in [9.17, 15) is 0 Å². The average molecular weight is 229 g/mol. The topological polar surface area (TPSA) is 4.93 Å². The number of aryl methyl sites for hydroxylation is 1. The molecule has 1 aromatic heterocycles. The molecule has 17 heavy (non-hydrogen) atoms. The average Bonchev–Trinajstić information content (AvgIpc) is 2.69. The molecule has 0 amide bonds. The molecule has 2 aromatic rings. The molecule has 1 nitrogen and oxygen atoms in total. The second kappa shape index (κ2) is 4.56. The molecule has 0 unspecified atom stereocenters. The van der Waals surface area contributed by atoms with E-state index in [0.717, 1.165) is 6.54 Å². The summed E-state index contributed by atoms with van der Waals surface area (Å²) in [5.41, 5.74) is 4.33. The summed E-state index contributed by atoms with van der Waals surface area (Å²) in [4.78, 5) is 0. The third-order valence-electron chi connectivity index (χ3n) is 3.57. The summed E-state index contributed by atoms with van der Waals surface area (Å²) in [6, 6.07) is 7.01. The van der Waals surface area contributed by atoms with Crippen LogP contribution < -0.4 is 0 Å². The molecule has 0 fully saturated rings. The Labute approximate surface area is 104 Å². The van der Waals surface area contributed by atoms with Crippen LogP contribution in [-0.2, 0) is 6.54 Å². The van der Waals surface area contributed by atoms with Gasteiger partial charge in [0.2, 0.25) is 0 Å². The number of benzene rings is 1. The van der Waals surface area contributed by atoms with Crippen LogP contribution in [0.25, 0.3) is 10.9 Å². The standard InChI is InChI=1S/C16H23N/c1-6-17-8-7-14-15(12(4)5)9-13(11(2)3)10-16(14)17/h7-12H,6H2,1-5H3. The first kappa shape index (κ1) is 12.2. The van der Waals surface area contributed by atoms with Crippen molar-refractivity contribution >= 4 is 10.9 Å². The van der Waals surface area contributed by atoms with Gasteiger partial charge in [-0.25, -0.2) is 0 Å². The Kier molecular flexibility index (Phi) is 3.28. The predicted molar refractivity (Wildman–Crippen MR) is 75.8 cm³/mol. The maximum Gasteiger partial charge on any atom is 0.0485 e. The molecule has 2 rings (SSSR count). The summed E-state index contributed by atoms with van der Waals surface area (Å²) in [5, 5.41) is 1.42. The maximum absolute atomic E-state index is 2.39. The van der Waals surface area contributed by atoms with Crippen molar-refractivity contribution in [2.24, 2.45) is 0 Å². The van der Waals surface area contributed by atoms with Crippen molar-refractivity contribution < 1.29 is 0 Å². The van der Waals surface area contributed by atoms with E-state index in [1.807, 2.05) is 0 Å². The Balaban J connectivity index is 2.74. The van der Waals surface area contributed by atoms with Crippen LogP contribution in [0.5, 0.6) is 0 Å². The lowest BCUT2D eigenvalue weighted by Crippen LogP contribution is -1.97. The molecular weight excluding hydrogens is 206 g/mol. The molecule has 0 spiro atoms. The first-order valence-electron chi connectivity index (χ1n) is 6.67. The largest absolute Gasteiger partial charge is 0.348 e. The van der Waals surface area contributed by atoms with Crippen LogP contribution in [0.3, 0.4) is 0 Å². The van der Waals surface area contributed by atoms with Crippen molar-refractivity contribution in [3.05, 3.63) is 35.5 Å². The Morgan fingerprint density at radius 2 is 1.76 bits per heavy atom. The van der Waals surface area contributed by atoms with E-state index in [1.54, 1.807) is 0 Å². The second-order valence-electron chi connectivity index (χ2n) is 5.45. The van der Waals surface area contributed by atoms with Gasteiger partial charge in [-0.3, -0.25) is 0 Å². The number of aromatic nitrogens is 1. The highest BCUT2D eigenvalue weighted by atomic mass is 14.9. The molecule has 0 atom stereocenters. The number of nitrogens with zero attached hydrogens (tertiary/aromatic N) is 1. The minimum atomic E-state index is 0.587. The highest BCUT2D eigenvalue weighted by Crippen LogP contribution is 2.30. The van der Waals surface area contributed by atoms with E-state index in [1.165, 1.54) is 22.0 Å². The normalized spacial score (nSPS) is 11.9. The highest BCUT2D eigenvalue weighted by Gasteiger charge is 2.11. The summed E-state index contributed by atoms with van der Waals surface area (Å²) >= 11 is 0. The quantitative estimate of drug-likeness (QED) is 0.705. The Morgan fingerprint density at radius 1 is 1.06 bits per heavy atom. The molecule has 1 aromatic carbocycles. The lowest BCUT2D eigenvalue weighted by Gasteiger charge is -2.14. The molecule has 1 heterocycles. The van der Waals surface area contributed by atoms with Gasteiger partial charge in [-0.05, 0) is 42.0 Å². The summed E-state index contributed by atoms with van der Waals surface area (Å²) in [6.45, 7) is 12.3. The number of rotatable bonds is 3. The molecule has 0 aliphatic heterocycles. The predicted octanol–water partition coefficient (Wildman–Crippen LogP) is 4.91. The molecule has 0 aliphatic rings. The fourth-order valence-corrected chi connectivity index (χ4v) is 2.43. The van der Waals surface area contributed by atoms with Gasteiger partial charge in [-0.2, -0.15) is 0 Å². The monoisotopic (exact) mass is 229 g/mol. The van der Waals surface area contributed by atoms with Crippen LogP contribution in [0.15, 0.2) is 24.4 Å². The third kappa shape index (κ3) is 2.11. The van der Waals surface area contributed by atoms with Gasteiger partial charge in [0.25, 0.3) is 0 Å². The molecule has 0 bridgehead atoms. The summed E-state index contributed by atoms with van der Waals surface area (Å²) in [7, 11) is 0. The van der Waals surface area contributed by atoms with Gasteiger partial charge < -0.3 is 4.57 Å². The van der Waals surface area contributed by atoms with E-state index in [4.69, 9.17) is 0 Å². The fourth-order valence-electron chi connectivity index (χ4n) is 2.43. The highest BCUT2D eigenvalue weighted by molar-refractivity contribution is 5.85. The number of fused-ring (bicyclic) bond motifs is 1. The van der Waals surface area contributed by atoms with Crippen LogP contribution in [0.1, 0.15) is 57.6 Å². The Bertz CT molecular complexity index is 518. The van der Waals surface area contributed by atoms with E-state index in [2.05, 4.69) is 63.6 Å². The van der Waals surface area contributed by atoms with Gasteiger partial charge in [0.05, 0.1) is 0 Å². The van der Waals surface area contributed by atoms with Gasteiger partial charge >= 0.3 is 0 Å². The third-order valence-corrected chi connectivity index (χ3v) is 3.57. The van der Waals surface area contributed by atoms with Crippen molar-refractivity contribution in [2.45, 2.75) is 53.0 Å². The van der Waals surface area contributed by atoms with Crippen molar-refractivity contribution in [3.63, 3.8) is 0 Å². The number of hydrogen-bond acceptors (Lipinski definition) is 0. The zero-order valence-corrected chi connectivity index (χ0v) is 11.6. The van der Waals surface area contributed by atoms with Crippen molar-refractivity contribution in [1.82, 2.24) is 4.57 Å². The Hall–Kier alpha value is -1.24. The van der Waals surface area contributed by atoms with Crippen molar-refractivity contribution in [1.29, 1.82) is 0 Å². The molecule has 1 heteroatoms. The van der Waals surface area contributed by atoms with Gasteiger partial charge in [0.15, 0.2) is 0 Å². The van der Waals surface area contributed by atoms with Gasteiger partial charge in [-0.15, -0.1) is 0 Å². The lowest BCUT2D eigenvalue weighted by atomic mass is 9.93. The zero-order chi connectivity index (χ0) is 12.6. The first-order chi connectivity index (χ1) is 8.04. The molecule has 0 aliphatic carbocycles. The minimum absolute atomic E-state index is 0.587. The van der Waals surface area contributed by atoms with E-state index < -0.39 is 0 Å². The summed E-state index contributed by atoms with van der Waals surface area (Å²) in [6.07, 6.45) is 2.21. The van der Waals surface area contributed by atoms with E-state index >= 15 is 0 Å². The Morgan fingerprint density at radius 3 is 2.29 bits per heavy atom. The van der Waals surface area contributed by atoms with Gasteiger partial charge in [-0.1, -0.05) is 33.8 Å². The molecular formula is C16H23N. The molecule has 92 valence electrons. The molecule has 0 radical (unpaired) electrons. The minimum Gasteiger partial charge on any atom is -0.348 e. The summed E-state index contributed by atoms with van der Waals surface area (Å²) in [5.74, 6) is 1.18. The van der Waals surface area contributed by atoms with E-state index in [0.29, 0.717) is 11.8 Å². The maximum atomic E-state index is 2.39. The first-order valence-corrected chi connectivity index (χ1v) is 6.67. The van der Waals surface area contributed by atoms with Gasteiger partial charge in [0.1, 0.15) is 0 Å². The van der Waals surface area contributed by atoms with Crippen molar-refractivity contribution in [2.75, 3.05) is 0 Å². The van der Waals surface area contributed by atoms with E-state index in [-0.39, 0.29) is 0 Å². The van der Waals surface area contributed by atoms with Crippen molar-refractivity contribution in [3.8, 4) is 0 Å². The van der Waals surface area contributed by atoms with Crippen LogP contribution in [0.2, 0.25) is 0 Å². The zero-order valence-electron chi connectivity index (χ0n) is 11.6. The van der Waals surface area contributed by atoms with Crippen LogP contribution in [-0.4, -0.2) is 4.57 Å². The molecule has 0 N–H and O–H groups in total. The second-order valence-corrected chi connectivity index (χ2v) is 5.45. The van der Waals surface area contributed by atoms with Crippen LogP contribution >= 0.6 is 0 Å². The lowest BCUT2D eigenvalue weighted by molar-refractivity contribution is 0.792. The summed E-state index contributed by atoms with van der Waals surface area (Å²) < 4.78 is 2.34. The smallest absolute Gasteiger partial charge is 0.0485 e. The SMILES string of the molecule is CCn1ccc2c(C(C)C)cc(C(C)C)cc21. The van der Waals surface area contributed by atoms with Crippen LogP contribution in [0, 0.1) is 0 Å². The number of hydrogen-bond donors (Lipinski definition) is 0. The molecule has 0 saturated carbocycles.